The van der Waals surface area contributed by atoms with Gasteiger partial charge in [-0.25, -0.2) is 0 Å². The van der Waals surface area contributed by atoms with Crippen LogP contribution in [-0.4, -0.2) is 20.2 Å². The third kappa shape index (κ3) is 5.22. The van der Waals surface area contributed by atoms with E-state index in [-0.39, 0.29) is 68.1 Å². The third-order valence-electron chi connectivity index (χ3n) is 3.44. The summed E-state index contributed by atoms with van der Waals surface area (Å²) >= 11 is 0. The Morgan fingerprint density at radius 1 is 1.21 bits per heavy atom. The zero-order valence-electron chi connectivity index (χ0n) is 17.5. The van der Waals surface area contributed by atoms with Gasteiger partial charge in [0.1, 0.15) is 5.70 Å². The van der Waals surface area contributed by atoms with Crippen LogP contribution in [0.5, 0.6) is 0 Å². The van der Waals surface area contributed by atoms with Crippen molar-refractivity contribution in [3.05, 3.63) is 82.9 Å². The second kappa shape index (κ2) is 9.20. The van der Waals surface area contributed by atoms with E-state index in [4.69, 9.17) is 14.6 Å². The first-order valence-electron chi connectivity index (χ1n) is 8.95. The summed E-state index contributed by atoms with van der Waals surface area (Å²) in [4.78, 5) is 23.5. The van der Waals surface area contributed by atoms with Gasteiger partial charge in [0.15, 0.2) is 6.08 Å². The van der Waals surface area contributed by atoms with Gasteiger partial charge in [0.25, 0.3) is 0 Å². The first-order chi connectivity index (χ1) is 13.9. The van der Waals surface area contributed by atoms with E-state index in [0.717, 1.165) is 24.3 Å². The number of hydrogen-bond acceptors (Lipinski definition) is 8. The zero-order valence-corrected chi connectivity index (χ0v) is 18.5. The van der Waals surface area contributed by atoms with Crippen LogP contribution in [0.25, 0.3) is 0 Å². The number of nitrogens with two attached hydrogens (primary N) is 1. The number of carbonyl (C=O) groups excluding carboxylic acids is 2. The molecule has 28 heavy (non-hydrogen) atoms. The quantitative estimate of drug-likeness (QED) is 0.388. The molecule has 1 heterocycles. The summed E-state index contributed by atoms with van der Waals surface area (Å²) in [5.41, 5.74) is 1.90. The predicted molar refractivity (Wildman–Crippen MR) is 91.0 cm³/mol. The van der Waals surface area contributed by atoms with Crippen LogP contribution in [0.1, 0.15) is 31.7 Å². The molecular formula is C18H14KNO7S. The van der Waals surface area contributed by atoms with E-state index in [1.807, 2.05) is 0 Å². The second-order valence-electron chi connectivity index (χ2n) is 5.32. The molecule has 0 amide bonds. The van der Waals surface area contributed by atoms with Crippen LogP contribution < -0.4 is 62.2 Å². The molecule has 0 unspecified atom stereocenters. The van der Waals surface area contributed by atoms with E-state index in [9.17, 15) is 23.1 Å². The van der Waals surface area contributed by atoms with Gasteiger partial charge in [0.2, 0.25) is 17.4 Å². The van der Waals surface area contributed by atoms with E-state index in [0.29, 0.717) is 0 Å². The van der Waals surface area contributed by atoms with E-state index in [1.54, 1.807) is 6.07 Å². The molecule has 0 fully saturated rings. The maximum atomic E-state index is 12.7. The molecule has 0 aromatic heterocycles. The Bertz CT molecular complexity index is 1150. The smallest absolute Gasteiger partial charge is 0.545 e. The number of ketones is 1. The van der Waals surface area contributed by atoms with Gasteiger partial charge >= 0.3 is 61.5 Å². The zero-order chi connectivity index (χ0) is 22.3. The molecule has 140 valence electrons. The largest absolute Gasteiger partial charge is 1.00 e. The number of carboxylic acid groups (broad SMARTS) is 1. The summed E-state index contributed by atoms with van der Waals surface area (Å²) in [6, 6.07) is 11.2. The van der Waals surface area contributed by atoms with Crippen molar-refractivity contribution < 1.29 is 87.5 Å². The molecule has 0 saturated carbocycles. The normalized spacial score (nSPS) is 21.0. The number of Topliss-reactive ketones (excluding diaryl/α,β-unsaturated/α-hetero) is 1. The van der Waals surface area contributed by atoms with Crippen LogP contribution in [0, 0.1) is 0 Å². The van der Waals surface area contributed by atoms with Crippen molar-refractivity contribution in [2.45, 2.75) is 11.8 Å². The van der Waals surface area contributed by atoms with Gasteiger partial charge in [-0.3, -0.25) is 4.79 Å². The average molecular weight is 430 g/mol. The van der Waals surface area contributed by atoms with Crippen LogP contribution >= 0.6 is 0 Å². The fourth-order valence-electron chi connectivity index (χ4n) is 2.23. The predicted octanol–water partition coefficient (Wildman–Crippen LogP) is -2.63. The minimum Gasteiger partial charge on any atom is -0.545 e. The van der Waals surface area contributed by atoms with Gasteiger partial charge in [-0.1, -0.05) is 54.6 Å². The van der Waals surface area contributed by atoms with Gasteiger partial charge < -0.3 is 24.6 Å². The van der Waals surface area contributed by atoms with Crippen molar-refractivity contribution in [2.24, 2.45) is 5.73 Å². The summed E-state index contributed by atoms with van der Waals surface area (Å²) in [6.07, 6.45) is -2.54. The van der Waals surface area contributed by atoms with Gasteiger partial charge in [-0.05, 0) is 11.1 Å². The van der Waals surface area contributed by atoms with Crippen molar-refractivity contribution >= 4 is 21.9 Å². The third-order valence-corrected chi connectivity index (χ3v) is 4.31. The Hall–Kier alpha value is -1.69. The topological polar surface area (TPSA) is 136 Å². The molecule has 1 aliphatic heterocycles. The molecule has 2 aromatic carbocycles. The molecule has 1 aliphatic rings. The number of rotatable bonds is 6. The summed E-state index contributed by atoms with van der Waals surface area (Å²) < 4.78 is 58.9. The molecule has 8 nitrogen and oxygen atoms in total. The van der Waals surface area contributed by atoms with Crippen molar-refractivity contribution in [3.8, 4) is 0 Å². The fourth-order valence-corrected chi connectivity index (χ4v) is 3.07. The number of benzene rings is 2. The number of carbonyl (C=O) groups is 2. The molecule has 0 bridgehead atoms. The van der Waals surface area contributed by atoms with Crippen LogP contribution in [0.2, 0.25) is 0 Å². The average Bonchev–Trinajstić information content (AvgIpc) is 2.92. The molecule has 1 atom stereocenters. The first-order valence-corrected chi connectivity index (χ1v) is 8.86. The van der Waals surface area contributed by atoms with E-state index in [1.165, 1.54) is 24.3 Å². The Morgan fingerprint density at radius 3 is 2.39 bits per heavy atom. The van der Waals surface area contributed by atoms with Crippen molar-refractivity contribution in [2.75, 3.05) is 0 Å². The number of aromatic carboxylic acids is 1. The maximum Gasteiger partial charge on any atom is 1.00 e. The van der Waals surface area contributed by atoms with Crippen LogP contribution in [0.3, 0.4) is 0 Å². The Kier molecular flexibility index (Phi) is 6.03. The Labute approximate surface area is 208 Å². The van der Waals surface area contributed by atoms with Gasteiger partial charge in [-0.15, -0.1) is 0 Å². The van der Waals surface area contributed by atoms with E-state index >= 15 is 0 Å². The van der Waals surface area contributed by atoms with Gasteiger partial charge in [0, 0.05) is 5.56 Å². The van der Waals surface area contributed by atoms with Crippen LogP contribution in [0.15, 0.2) is 66.2 Å². The Morgan fingerprint density at radius 2 is 1.82 bits per heavy atom. The maximum absolute atomic E-state index is 12.7. The molecule has 3 rings (SSSR count). The number of hydrogen-bond donors (Lipinski definition) is 1. The molecule has 2 aromatic rings. The number of carboxylic acids is 1. The monoisotopic (exact) mass is 430 g/mol. The number of ether oxygens (including phenoxy) is 1. The second-order valence-corrected chi connectivity index (χ2v) is 6.60. The molecule has 0 radical (unpaired) electrons. The van der Waals surface area contributed by atoms with Crippen molar-refractivity contribution in [1.29, 1.82) is 0 Å². The van der Waals surface area contributed by atoms with E-state index < -0.39 is 45.3 Å². The minimum atomic E-state index is -5.09. The molecule has 0 saturated heterocycles. The van der Waals surface area contributed by atoms with E-state index in [2.05, 4.69) is 4.18 Å². The summed E-state index contributed by atoms with van der Waals surface area (Å²) in [7, 11) is -5.09. The van der Waals surface area contributed by atoms with Gasteiger partial charge in [-0.2, -0.15) is 8.42 Å². The van der Waals surface area contributed by atoms with Gasteiger partial charge in [0.05, 0.1) is 10.1 Å². The summed E-state index contributed by atoms with van der Waals surface area (Å²) in [6.45, 7) is 0. The summed E-state index contributed by atoms with van der Waals surface area (Å²) in [5, 5.41) is 10.8. The molecule has 0 spiro atoms. The summed E-state index contributed by atoms with van der Waals surface area (Å²) in [5.74, 6) is -4.65. The van der Waals surface area contributed by atoms with Crippen LogP contribution in [0.4, 0.5) is 0 Å². The SMILES string of the molecule is [2H]C([2H])(c1ccccc1)S(=O)(=O)OC1=C(N)O[C@@]([2H])(c2ccc(C(=O)[O-])cc2)C1=O.[K+]. The van der Waals surface area contributed by atoms with Crippen LogP contribution in [-0.2, 0) is 29.5 Å². The molecule has 2 N–H and O–H groups in total. The molecule has 10 heteroatoms. The van der Waals surface area contributed by atoms with Crippen molar-refractivity contribution in [1.82, 2.24) is 0 Å². The molecular weight excluding hydrogens is 413 g/mol. The minimum absolute atomic E-state index is 0. The molecule has 0 aliphatic carbocycles. The standard InChI is InChI=1S/C18H15NO7S.K/c19-17-16(26-27(23,24)10-11-4-2-1-3-5-11)14(20)15(25-17)12-6-8-13(9-7-12)18(21)22;/h1-9,15H,10,19H2,(H,21,22);/q;+1/p-1/t15-;/m0./s1/i10D2,15D;. The fraction of sp³-hybridized carbons (Fsp3) is 0.111. The Balaban J connectivity index is 0.00000341. The first kappa shape index (κ1) is 18.3. The van der Waals surface area contributed by atoms with Crippen molar-refractivity contribution in [3.63, 3.8) is 0 Å².